The summed E-state index contributed by atoms with van der Waals surface area (Å²) in [4.78, 5) is 8.98. The van der Waals surface area contributed by atoms with E-state index < -0.39 is 0 Å². The van der Waals surface area contributed by atoms with Crippen molar-refractivity contribution in [2.45, 2.75) is 38.5 Å². The van der Waals surface area contributed by atoms with Crippen molar-refractivity contribution >= 4 is 0 Å². The molecule has 92 valence electrons. The second-order valence-corrected chi connectivity index (χ2v) is 5.18. The molecular weight excluding hydrogens is 220 g/mol. The van der Waals surface area contributed by atoms with Gasteiger partial charge in [0.15, 0.2) is 0 Å². The van der Waals surface area contributed by atoms with Crippen LogP contribution in [0.2, 0.25) is 0 Å². The number of benzene rings is 1. The van der Waals surface area contributed by atoms with E-state index in [1.807, 2.05) is 13.8 Å². The van der Waals surface area contributed by atoms with E-state index in [0.717, 1.165) is 11.5 Å². The Morgan fingerprint density at radius 3 is 2.28 bits per heavy atom. The Morgan fingerprint density at radius 1 is 0.944 bits per heavy atom. The Bertz CT molecular complexity index is 528. The zero-order valence-electron chi connectivity index (χ0n) is 10.9. The van der Waals surface area contributed by atoms with Gasteiger partial charge in [0, 0.05) is 17.3 Å². The minimum absolute atomic E-state index is 0.577. The molecule has 3 rings (SSSR count). The molecule has 1 aliphatic carbocycles. The predicted molar refractivity (Wildman–Crippen MR) is 72.7 cm³/mol. The summed E-state index contributed by atoms with van der Waals surface area (Å²) in [6.45, 7) is 4.03. The largest absolute Gasteiger partial charge is 0.239 e. The maximum atomic E-state index is 4.62. The molecule has 2 nitrogen and oxygen atoms in total. The van der Waals surface area contributed by atoms with Crippen LogP contribution in [-0.4, -0.2) is 9.97 Å². The molecule has 1 aromatic carbocycles. The highest BCUT2D eigenvalue weighted by molar-refractivity contribution is 5.29. The third kappa shape index (κ3) is 2.03. The van der Waals surface area contributed by atoms with Crippen molar-refractivity contribution in [2.24, 2.45) is 0 Å². The first-order chi connectivity index (χ1) is 8.74. The predicted octanol–water partition coefficient (Wildman–Crippen LogP) is 3.75. The summed E-state index contributed by atoms with van der Waals surface area (Å²) in [6, 6.07) is 12.9. The quantitative estimate of drug-likeness (QED) is 0.796. The minimum atomic E-state index is 0.577. The van der Waals surface area contributed by atoms with Gasteiger partial charge in [0.25, 0.3) is 0 Å². The standard InChI is InChI=1S/C16H18N2/c1-11-10-16(18-12(2)17-11)15-9-8-14(15)13-6-4-3-5-7-13/h3-7,10,14-15H,8-9H2,1-2H3. The first-order valence-corrected chi connectivity index (χ1v) is 6.61. The van der Waals surface area contributed by atoms with Crippen molar-refractivity contribution in [3.8, 4) is 0 Å². The molecule has 1 aromatic heterocycles. The molecule has 1 aliphatic rings. The molecule has 0 amide bonds. The molecule has 0 radical (unpaired) electrons. The SMILES string of the molecule is Cc1cc(C2CCC2c2ccccc2)nc(C)n1. The average molecular weight is 238 g/mol. The molecule has 2 heteroatoms. The molecule has 18 heavy (non-hydrogen) atoms. The second kappa shape index (κ2) is 4.52. The van der Waals surface area contributed by atoms with Crippen molar-refractivity contribution in [1.82, 2.24) is 9.97 Å². The summed E-state index contributed by atoms with van der Waals surface area (Å²) >= 11 is 0. The molecule has 2 unspecified atom stereocenters. The van der Waals surface area contributed by atoms with Crippen molar-refractivity contribution in [3.63, 3.8) is 0 Å². The van der Waals surface area contributed by atoms with Crippen LogP contribution in [0.25, 0.3) is 0 Å². The molecule has 0 bridgehead atoms. The van der Waals surface area contributed by atoms with E-state index in [-0.39, 0.29) is 0 Å². The van der Waals surface area contributed by atoms with Crippen LogP contribution < -0.4 is 0 Å². The Kier molecular flexibility index (Phi) is 2.86. The van der Waals surface area contributed by atoms with Crippen molar-refractivity contribution in [3.05, 3.63) is 59.2 Å². The summed E-state index contributed by atoms with van der Waals surface area (Å²) in [5.41, 5.74) is 3.75. The lowest BCUT2D eigenvalue weighted by atomic mass is 9.68. The normalized spacial score (nSPS) is 22.6. The molecule has 1 saturated carbocycles. The number of aromatic nitrogens is 2. The lowest BCUT2D eigenvalue weighted by Crippen LogP contribution is -2.23. The van der Waals surface area contributed by atoms with E-state index in [4.69, 9.17) is 0 Å². The summed E-state index contributed by atoms with van der Waals surface area (Å²) in [5, 5.41) is 0. The molecule has 1 fully saturated rings. The Balaban J connectivity index is 1.89. The van der Waals surface area contributed by atoms with E-state index in [2.05, 4.69) is 46.4 Å². The van der Waals surface area contributed by atoms with Crippen LogP contribution in [0, 0.1) is 13.8 Å². The smallest absolute Gasteiger partial charge is 0.125 e. The maximum Gasteiger partial charge on any atom is 0.125 e. The van der Waals surface area contributed by atoms with E-state index in [0.29, 0.717) is 11.8 Å². The second-order valence-electron chi connectivity index (χ2n) is 5.18. The van der Waals surface area contributed by atoms with Crippen molar-refractivity contribution in [1.29, 1.82) is 0 Å². The van der Waals surface area contributed by atoms with E-state index in [1.54, 1.807) is 0 Å². The minimum Gasteiger partial charge on any atom is -0.239 e. The van der Waals surface area contributed by atoms with Gasteiger partial charge in [0.1, 0.15) is 5.82 Å². The number of aryl methyl sites for hydroxylation is 2. The van der Waals surface area contributed by atoms with Crippen LogP contribution in [-0.2, 0) is 0 Å². The Hall–Kier alpha value is -1.70. The fourth-order valence-corrected chi connectivity index (χ4v) is 2.89. The topological polar surface area (TPSA) is 25.8 Å². The van der Waals surface area contributed by atoms with Crippen LogP contribution in [0.15, 0.2) is 36.4 Å². The number of hydrogen-bond donors (Lipinski definition) is 0. The van der Waals surface area contributed by atoms with Gasteiger partial charge in [0.05, 0.1) is 0 Å². The van der Waals surface area contributed by atoms with Gasteiger partial charge < -0.3 is 0 Å². The van der Waals surface area contributed by atoms with Crippen molar-refractivity contribution in [2.75, 3.05) is 0 Å². The number of nitrogens with zero attached hydrogens (tertiary/aromatic N) is 2. The summed E-state index contributed by atoms with van der Waals surface area (Å²) < 4.78 is 0. The Morgan fingerprint density at radius 2 is 1.67 bits per heavy atom. The number of hydrogen-bond acceptors (Lipinski definition) is 2. The highest BCUT2D eigenvalue weighted by Gasteiger charge is 2.34. The lowest BCUT2D eigenvalue weighted by molar-refractivity contribution is 0.339. The Labute approximate surface area is 108 Å². The number of rotatable bonds is 2. The molecule has 0 spiro atoms. The highest BCUT2D eigenvalue weighted by Crippen LogP contribution is 2.48. The van der Waals surface area contributed by atoms with Gasteiger partial charge in [-0.25, -0.2) is 9.97 Å². The fraction of sp³-hybridized carbons (Fsp3) is 0.375. The zero-order valence-corrected chi connectivity index (χ0v) is 10.9. The van der Waals surface area contributed by atoms with Gasteiger partial charge in [-0.2, -0.15) is 0 Å². The van der Waals surface area contributed by atoms with Crippen LogP contribution in [0.3, 0.4) is 0 Å². The third-order valence-corrected chi connectivity index (χ3v) is 3.87. The maximum absolute atomic E-state index is 4.62. The molecule has 0 N–H and O–H groups in total. The average Bonchev–Trinajstić information content (AvgIpc) is 2.27. The molecule has 2 aromatic rings. The molecule has 2 atom stereocenters. The van der Waals surface area contributed by atoms with Gasteiger partial charge in [-0.05, 0) is 44.2 Å². The summed E-state index contributed by atoms with van der Waals surface area (Å²) in [7, 11) is 0. The van der Waals surface area contributed by atoms with Crippen molar-refractivity contribution < 1.29 is 0 Å². The van der Waals surface area contributed by atoms with Crippen LogP contribution in [0.5, 0.6) is 0 Å². The van der Waals surface area contributed by atoms with Crippen LogP contribution >= 0.6 is 0 Å². The van der Waals surface area contributed by atoms with Crippen LogP contribution in [0.1, 0.15) is 47.5 Å². The molecular formula is C16H18N2. The third-order valence-electron chi connectivity index (χ3n) is 3.87. The monoisotopic (exact) mass is 238 g/mol. The van der Waals surface area contributed by atoms with Gasteiger partial charge in [-0.15, -0.1) is 0 Å². The van der Waals surface area contributed by atoms with Gasteiger partial charge in [-0.1, -0.05) is 30.3 Å². The zero-order chi connectivity index (χ0) is 12.5. The molecule has 0 aliphatic heterocycles. The fourth-order valence-electron chi connectivity index (χ4n) is 2.89. The first kappa shape index (κ1) is 11.4. The molecule has 1 heterocycles. The summed E-state index contributed by atoms with van der Waals surface area (Å²) in [5.74, 6) is 2.11. The van der Waals surface area contributed by atoms with E-state index >= 15 is 0 Å². The lowest BCUT2D eigenvalue weighted by Gasteiger charge is -2.36. The first-order valence-electron chi connectivity index (χ1n) is 6.61. The van der Waals surface area contributed by atoms with Gasteiger partial charge in [-0.3, -0.25) is 0 Å². The van der Waals surface area contributed by atoms with E-state index in [1.165, 1.54) is 24.1 Å². The highest BCUT2D eigenvalue weighted by atomic mass is 14.9. The van der Waals surface area contributed by atoms with Gasteiger partial charge >= 0.3 is 0 Å². The van der Waals surface area contributed by atoms with Crippen LogP contribution in [0.4, 0.5) is 0 Å². The molecule has 0 saturated heterocycles. The summed E-state index contributed by atoms with van der Waals surface area (Å²) in [6.07, 6.45) is 2.52. The van der Waals surface area contributed by atoms with Gasteiger partial charge in [0.2, 0.25) is 0 Å². The van der Waals surface area contributed by atoms with E-state index in [9.17, 15) is 0 Å².